The van der Waals surface area contributed by atoms with Crippen LogP contribution < -0.4 is 10.6 Å². The molecule has 0 aliphatic carbocycles. The molecule has 6 heteroatoms. The summed E-state index contributed by atoms with van der Waals surface area (Å²) >= 11 is 3.32. The van der Waals surface area contributed by atoms with Crippen molar-refractivity contribution in [3.8, 4) is 0 Å². The molecule has 0 bridgehead atoms. The highest BCUT2D eigenvalue weighted by Gasteiger charge is 2.09. The maximum atomic E-state index is 12.0. The van der Waals surface area contributed by atoms with Crippen LogP contribution >= 0.6 is 15.9 Å². The molecular formula is C12H11BrN4O. The summed E-state index contributed by atoms with van der Waals surface area (Å²) in [5.74, 6) is 0.385. The molecule has 2 N–H and O–H groups in total. The molecule has 0 atom stereocenters. The van der Waals surface area contributed by atoms with E-state index in [-0.39, 0.29) is 5.91 Å². The van der Waals surface area contributed by atoms with E-state index < -0.39 is 0 Å². The lowest BCUT2D eigenvalue weighted by Crippen LogP contribution is -2.14. The highest BCUT2D eigenvalue weighted by Crippen LogP contribution is 2.20. The van der Waals surface area contributed by atoms with E-state index in [0.717, 1.165) is 4.47 Å². The first-order valence-electron chi connectivity index (χ1n) is 5.26. The van der Waals surface area contributed by atoms with Crippen molar-refractivity contribution >= 4 is 33.3 Å². The summed E-state index contributed by atoms with van der Waals surface area (Å²) in [6.45, 7) is 0. The predicted molar refractivity (Wildman–Crippen MR) is 73.7 cm³/mol. The number of carbonyl (C=O) groups is 1. The standard InChI is InChI=1S/C12H11BrN4O/c1-14-11-4-2-3-10(16-11)12(18)17-9-5-6-15-7-8(9)13/h2-7H,1H3,(H,14,16)(H,15,17,18). The number of anilines is 2. The van der Waals surface area contributed by atoms with E-state index >= 15 is 0 Å². The SMILES string of the molecule is CNc1cccc(C(=O)Nc2ccncc2Br)n1. The minimum Gasteiger partial charge on any atom is -0.373 e. The highest BCUT2D eigenvalue weighted by atomic mass is 79.9. The summed E-state index contributed by atoms with van der Waals surface area (Å²) in [5.41, 5.74) is 1.01. The quantitative estimate of drug-likeness (QED) is 0.914. The molecule has 0 unspecified atom stereocenters. The number of nitrogens with one attached hydrogen (secondary N) is 2. The van der Waals surface area contributed by atoms with Crippen LogP contribution in [0.5, 0.6) is 0 Å². The Hall–Kier alpha value is -1.95. The highest BCUT2D eigenvalue weighted by molar-refractivity contribution is 9.10. The minimum atomic E-state index is -0.265. The minimum absolute atomic E-state index is 0.265. The zero-order chi connectivity index (χ0) is 13.0. The molecule has 0 spiro atoms. The second-order valence-electron chi connectivity index (χ2n) is 3.47. The second-order valence-corrected chi connectivity index (χ2v) is 4.32. The van der Waals surface area contributed by atoms with Gasteiger partial charge in [-0.2, -0.15) is 0 Å². The van der Waals surface area contributed by atoms with Gasteiger partial charge in [-0.3, -0.25) is 9.78 Å². The lowest BCUT2D eigenvalue weighted by molar-refractivity contribution is 0.102. The molecule has 0 aliphatic rings. The molecule has 0 saturated heterocycles. The van der Waals surface area contributed by atoms with Crippen LogP contribution in [0.25, 0.3) is 0 Å². The molecule has 0 saturated carbocycles. The summed E-state index contributed by atoms with van der Waals surface area (Å²) < 4.78 is 0.725. The number of pyridine rings is 2. The Labute approximate surface area is 113 Å². The Bertz CT molecular complexity index is 574. The van der Waals surface area contributed by atoms with Crippen molar-refractivity contribution in [1.29, 1.82) is 0 Å². The van der Waals surface area contributed by atoms with Gasteiger partial charge in [-0.15, -0.1) is 0 Å². The van der Waals surface area contributed by atoms with E-state index in [1.165, 1.54) is 0 Å². The average molecular weight is 307 g/mol. The topological polar surface area (TPSA) is 66.9 Å². The number of nitrogens with zero attached hydrogens (tertiary/aromatic N) is 2. The molecule has 0 aromatic carbocycles. The van der Waals surface area contributed by atoms with Crippen molar-refractivity contribution < 1.29 is 4.79 Å². The van der Waals surface area contributed by atoms with Crippen molar-refractivity contribution in [3.05, 3.63) is 46.8 Å². The van der Waals surface area contributed by atoms with Crippen molar-refractivity contribution in [2.75, 3.05) is 17.7 Å². The van der Waals surface area contributed by atoms with Crippen molar-refractivity contribution in [1.82, 2.24) is 9.97 Å². The van der Waals surface area contributed by atoms with Gasteiger partial charge in [0, 0.05) is 19.4 Å². The number of carbonyl (C=O) groups excluding carboxylic acids is 1. The molecule has 2 heterocycles. The Kier molecular flexibility index (Phi) is 3.88. The normalized spacial score (nSPS) is 9.89. The van der Waals surface area contributed by atoms with Gasteiger partial charge in [0.2, 0.25) is 0 Å². The van der Waals surface area contributed by atoms with E-state index in [1.807, 2.05) is 0 Å². The zero-order valence-corrected chi connectivity index (χ0v) is 11.2. The molecule has 2 aromatic heterocycles. The van der Waals surface area contributed by atoms with Gasteiger partial charge < -0.3 is 10.6 Å². The maximum Gasteiger partial charge on any atom is 0.274 e. The summed E-state index contributed by atoms with van der Waals surface area (Å²) in [6.07, 6.45) is 3.23. The molecule has 0 aliphatic heterocycles. The Morgan fingerprint density at radius 2 is 2.17 bits per heavy atom. The van der Waals surface area contributed by atoms with E-state index in [2.05, 4.69) is 36.5 Å². The molecule has 0 radical (unpaired) electrons. The van der Waals surface area contributed by atoms with Gasteiger partial charge in [-0.25, -0.2) is 4.98 Å². The fourth-order valence-corrected chi connectivity index (χ4v) is 1.71. The molecule has 0 fully saturated rings. The summed E-state index contributed by atoms with van der Waals surface area (Å²) in [5, 5.41) is 5.65. The number of hydrogen-bond acceptors (Lipinski definition) is 4. The van der Waals surface area contributed by atoms with Crippen molar-refractivity contribution in [2.24, 2.45) is 0 Å². The van der Waals surface area contributed by atoms with E-state index in [4.69, 9.17) is 0 Å². The molecule has 2 aromatic rings. The number of amides is 1. The van der Waals surface area contributed by atoms with Crippen LogP contribution in [0.3, 0.4) is 0 Å². The number of halogens is 1. The van der Waals surface area contributed by atoms with Crippen LogP contribution in [-0.2, 0) is 0 Å². The Morgan fingerprint density at radius 1 is 1.33 bits per heavy atom. The molecule has 2 rings (SSSR count). The van der Waals surface area contributed by atoms with Gasteiger partial charge >= 0.3 is 0 Å². The first kappa shape index (κ1) is 12.5. The largest absolute Gasteiger partial charge is 0.373 e. The fraction of sp³-hybridized carbons (Fsp3) is 0.0833. The lowest BCUT2D eigenvalue weighted by atomic mass is 10.3. The lowest BCUT2D eigenvalue weighted by Gasteiger charge is -2.07. The predicted octanol–water partition coefficient (Wildman–Crippen LogP) is 2.53. The van der Waals surface area contributed by atoms with Gasteiger partial charge in [0.05, 0.1) is 10.2 Å². The average Bonchev–Trinajstić information content (AvgIpc) is 2.41. The van der Waals surface area contributed by atoms with Crippen molar-refractivity contribution in [3.63, 3.8) is 0 Å². The van der Waals surface area contributed by atoms with E-state index in [1.54, 1.807) is 43.7 Å². The molecular weight excluding hydrogens is 296 g/mol. The summed E-state index contributed by atoms with van der Waals surface area (Å²) in [7, 11) is 1.75. The van der Waals surface area contributed by atoms with E-state index in [9.17, 15) is 4.79 Å². The third-order valence-corrected chi connectivity index (χ3v) is 2.89. The monoisotopic (exact) mass is 306 g/mol. The number of aromatic nitrogens is 2. The molecule has 18 heavy (non-hydrogen) atoms. The Balaban J connectivity index is 2.19. The van der Waals surface area contributed by atoms with Crippen molar-refractivity contribution in [2.45, 2.75) is 0 Å². The van der Waals surface area contributed by atoms with Crippen LogP contribution in [0, 0.1) is 0 Å². The number of rotatable bonds is 3. The van der Waals surface area contributed by atoms with Gasteiger partial charge in [-0.05, 0) is 34.1 Å². The third kappa shape index (κ3) is 2.84. The van der Waals surface area contributed by atoms with Crippen LogP contribution in [0.1, 0.15) is 10.5 Å². The zero-order valence-electron chi connectivity index (χ0n) is 9.64. The summed E-state index contributed by atoms with van der Waals surface area (Å²) in [6, 6.07) is 6.93. The number of hydrogen-bond donors (Lipinski definition) is 2. The molecule has 92 valence electrons. The maximum absolute atomic E-state index is 12.0. The van der Waals surface area contributed by atoms with Gasteiger partial charge in [0.1, 0.15) is 11.5 Å². The van der Waals surface area contributed by atoms with Crippen LogP contribution in [0.4, 0.5) is 11.5 Å². The Morgan fingerprint density at radius 3 is 2.89 bits per heavy atom. The summed E-state index contributed by atoms with van der Waals surface area (Å²) in [4.78, 5) is 20.1. The van der Waals surface area contributed by atoms with E-state index in [0.29, 0.717) is 17.2 Å². The molecule has 5 nitrogen and oxygen atoms in total. The van der Waals surface area contributed by atoms with Gasteiger partial charge in [-0.1, -0.05) is 6.07 Å². The third-order valence-electron chi connectivity index (χ3n) is 2.26. The molecule has 1 amide bonds. The second kappa shape index (κ2) is 5.59. The van der Waals surface area contributed by atoms with Crippen LogP contribution in [0.15, 0.2) is 41.1 Å². The first-order chi connectivity index (χ1) is 8.70. The first-order valence-corrected chi connectivity index (χ1v) is 6.05. The van der Waals surface area contributed by atoms with Gasteiger partial charge in [0.15, 0.2) is 0 Å². The van der Waals surface area contributed by atoms with Crippen LogP contribution in [-0.4, -0.2) is 22.9 Å². The van der Waals surface area contributed by atoms with Crippen LogP contribution in [0.2, 0.25) is 0 Å². The smallest absolute Gasteiger partial charge is 0.274 e. The van der Waals surface area contributed by atoms with Gasteiger partial charge in [0.25, 0.3) is 5.91 Å². The fourth-order valence-electron chi connectivity index (χ4n) is 1.36.